The molecule has 3 saturated carbocycles. The number of carbonyl (C=O) groups excluding carboxylic acids is 2. The number of benzene rings is 3. The number of fused-ring (bicyclic) bond motifs is 2. The van der Waals surface area contributed by atoms with Gasteiger partial charge in [-0.1, -0.05) is 69.3 Å². The summed E-state index contributed by atoms with van der Waals surface area (Å²) < 4.78 is 12.4. The summed E-state index contributed by atoms with van der Waals surface area (Å²) in [5.41, 5.74) is 5.19. The van der Waals surface area contributed by atoms with E-state index >= 15 is 0 Å². The monoisotopic (exact) mass is 869 g/mol. The number of hydroxylamine groups is 2. The third-order valence-electron chi connectivity index (χ3n) is 14.5. The van der Waals surface area contributed by atoms with E-state index < -0.39 is 24.2 Å². The molecule has 3 aromatic carbocycles. The van der Waals surface area contributed by atoms with Gasteiger partial charge in [-0.2, -0.15) is 5.06 Å². The highest BCUT2D eigenvalue weighted by molar-refractivity contribution is 5.97. The van der Waals surface area contributed by atoms with Gasteiger partial charge in [0.15, 0.2) is 0 Å². The Hall–Kier alpha value is -4.08. The fourth-order valence-electron chi connectivity index (χ4n) is 10.8. The first-order valence-electron chi connectivity index (χ1n) is 23.0. The third-order valence-corrected chi connectivity index (χ3v) is 14.5. The van der Waals surface area contributed by atoms with E-state index in [9.17, 15) is 19.8 Å². The van der Waals surface area contributed by atoms with Crippen LogP contribution in [0.15, 0.2) is 66.7 Å². The van der Waals surface area contributed by atoms with Crippen molar-refractivity contribution in [2.45, 2.75) is 83.8 Å². The van der Waals surface area contributed by atoms with Gasteiger partial charge in [0, 0.05) is 80.7 Å². The summed E-state index contributed by atoms with van der Waals surface area (Å²) in [5, 5.41) is 30.1. The van der Waals surface area contributed by atoms with Crippen LogP contribution >= 0.6 is 0 Å². The van der Waals surface area contributed by atoms with Gasteiger partial charge < -0.3 is 40.1 Å². The van der Waals surface area contributed by atoms with E-state index in [1.54, 1.807) is 12.0 Å². The molecule has 13 heteroatoms. The summed E-state index contributed by atoms with van der Waals surface area (Å²) in [7, 11) is 7.95. The van der Waals surface area contributed by atoms with E-state index in [1.165, 1.54) is 6.42 Å². The highest BCUT2D eigenvalue weighted by Crippen LogP contribution is 2.61. The Kier molecular flexibility index (Phi) is 15.2. The molecule has 2 aliphatic heterocycles. The van der Waals surface area contributed by atoms with Gasteiger partial charge in [-0.15, -0.1) is 0 Å². The third kappa shape index (κ3) is 10.7. The number of likely N-dealkylation sites (N-methyl/N-ethyl adjacent to an activating group) is 1. The number of hydrogen-bond acceptors (Lipinski definition) is 11. The molecule has 1 unspecified atom stereocenters. The van der Waals surface area contributed by atoms with Gasteiger partial charge in [0.05, 0.1) is 32.5 Å². The number of rotatable bonds is 18. The number of aliphatic hydroxyl groups excluding tert-OH is 2. The van der Waals surface area contributed by atoms with Crippen LogP contribution in [0.3, 0.4) is 0 Å². The van der Waals surface area contributed by atoms with Crippen molar-refractivity contribution in [2.24, 2.45) is 29.1 Å². The quantitative estimate of drug-likeness (QED) is 0.142. The van der Waals surface area contributed by atoms with Gasteiger partial charge in [0.2, 0.25) is 5.91 Å². The maximum atomic E-state index is 14.6. The van der Waals surface area contributed by atoms with Crippen LogP contribution < -0.4 is 20.3 Å². The van der Waals surface area contributed by atoms with Crippen molar-refractivity contribution in [3.8, 4) is 16.9 Å². The lowest BCUT2D eigenvalue weighted by Gasteiger charge is -2.62. The zero-order valence-corrected chi connectivity index (χ0v) is 38.8. The van der Waals surface area contributed by atoms with Gasteiger partial charge in [0.1, 0.15) is 24.5 Å². The minimum Gasteiger partial charge on any atom is -0.491 e. The maximum Gasteiger partial charge on any atom is 0.251 e. The lowest BCUT2D eigenvalue weighted by atomic mass is 9.45. The van der Waals surface area contributed by atoms with Gasteiger partial charge >= 0.3 is 0 Å². The SMILES string of the molecule is C[C@@H]1[C@@H](NC(=O)[C@@H]2[C@H]([C@H](C)O)[C@H](CO)ON2Cc2cccc(-c3cc(C(=O)N[C@@H](Cc4ccccc4)CN(C)C)cc(N(C)C)c3)c2OCCN2CCOCC2)CC2C[C@@H]1C2(C)C. The molecule has 344 valence electrons. The zero-order chi connectivity index (χ0) is 45.0. The van der Waals surface area contributed by atoms with E-state index in [4.69, 9.17) is 14.3 Å². The Morgan fingerprint density at radius 3 is 2.40 bits per heavy atom. The first-order valence-corrected chi connectivity index (χ1v) is 23.0. The van der Waals surface area contributed by atoms with Crippen LogP contribution in [0.2, 0.25) is 0 Å². The molecule has 9 atom stereocenters. The molecular formula is C50H72N6O7. The molecule has 5 aliphatic rings. The van der Waals surface area contributed by atoms with E-state index in [-0.39, 0.29) is 42.5 Å². The second-order valence-electron chi connectivity index (χ2n) is 19.6. The smallest absolute Gasteiger partial charge is 0.251 e. The van der Waals surface area contributed by atoms with Gasteiger partial charge in [0.25, 0.3) is 5.91 Å². The summed E-state index contributed by atoms with van der Waals surface area (Å²) in [4.78, 5) is 41.7. The van der Waals surface area contributed by atoms with Crippen LogP contribution in [0.5, 0.6) is 5.75 Å². The van der Waals surface area contributed by atoms with E-state index in [2.05, 4.69) is 59.4 Å². The first kappa shape index (κ1) is 46.9. The van der Waals surface area contributed by atoms with Crippen molar-refractivity contribution < 1.29 is 34.1 Å². The maximum absolute atomic E-state index is 14.6. The fourth-order valence-corrected chi connectivity index (χ4v) is 10.8. The van der Waals surface area contributed by atoms with Crippen molar-refractivity contribution in [3.05, 3.63) is 83.4 Å². The van der Waals surface area contributed by atoms with Crippen molar-refractivity contribution in [2.75, 3.05) is 85.7 Å². The average molecular weight is 869 g/mol. The Bertz CT molecular complexity index is 2010. The molecule has 5 fully saturated rings. The molecule has 2 saturated heterocycles. The van der Waals surface area contributed by atoms with Gasteiger partial charge in [-0.05, 0) is 92.8 Å². The molecule has 0 radical (unpaired) electrons. The highest BCUT2D eigenvalue weighted by atomic mass is 16.7. The first-order chi connectivity index (χ1) is 30.1. The number of morpholine rings is 1. The number of nitrogens with one attached hydrogen (secondary N) is 2. The minimum absolute atomic E-state index is 0.0215. The predicted octanol–water partition coefficient (Wildman–Crippen LogP) is 4.69. The molecule has 2 heterocycles. The minimum atomic E-state index is -0.919. The van der Waals surface area contributed by atoms with E-state index in [0.29, 0.717) is 68.4 Å². The second-order valence-corrected chi connectivity index (χ2v) is 19.6. The Labute approximate surface area is 375 Å². The number of aliphatic hydroxyl groups is 2. The van der Waals surface area contributed by atoms with Crippen LogP contribution in [0, 0.1) is 29.1 Å². The molecular weight excluding hydrogens is 797 g/mol. The number of amides is 2. The van der Waals surface area contributed by atoms with Crippen LogP contribution in [0.4, 0.5) is 5.69 Å². The van der Waals surface area contributed by atoms with Crippen molar-refractivity contribution in [1.82, 2.24) is 25.5 Å². The number of anilines is 1. The summed E-state index contributed by atoms with van der Waals surface area (Å²) in [5.74, 6) is 1.01. The predicted molar refractivity (Wildman–Crippen MR) is 246 cm³/mol. The molecule has 13 nitrogen and oxygen atoms in total. The molecule has 0 aromatic heterocycles. The second kappa shape index (κ2) is 20.4. The topological polar surface area (TPSA) is 139 Å². The average Bonchev–Trinajstić information content (AvgIpc) is 3.63. The van der Waals surface area contributed by atoms with Crippen LogP contribution in [-0.4, -0.2) is 148 Å². The van der Waals surface area contributed by atoms with Gasteiger partial charge in [-0.25, -0.2) is 0 Å². The Balaban J connectivity index is 1.21. The summed E-state index contributed by atoms with van der Waals surface area (Å²) in [6.07, 6.45) is 1.12. The van der Waals surface area contributed by atoms with Crippen LogP contribution in [0.25, 0.3) is 11.1 Å². The van der Waals surface area contributed by atoms with Crippen molar-refractivity contribution in [3.63, 3.8) is 0 Å². The molecule has 3 aliphatic carbocycles. The molecule has 8 rings (SSSR count). The molecule has 3 aromatic rings. The molecule has 2 bridgehead atoms. The standard InChI is InChI=1S/C50H72N6O7/c1-32-42-27-38(50(42,3)4)28-43(32)52-49(60)46-45(33(2)58)44(31-57)63-56(46)29-35-15-12-16-41(47(35)62-22-19-55-17-20-61-21-18-55)36-24-37(26-40(25-36)54(7)8)48(59)51-39(30-53(5)6)23-34-13-10-9-11-14-34/h9-16,24-26,32-33,38-39,42-46,57-58H,17-23,27-31H2,1-8H3,(H,51,59)(H,52,60)/t32-,33-,38?,39-,42-,43-,44-,45+,46-/m0/s1. The largest absolute Gasteiger partial charge is 0.491 e. The zero-order valence-electron chi connectivity index (χ0n) is 38.8. The Morgan fingerprint density at radius 2 is 1.75 bits per heavy atom. The van der Waals surface area contributed by atoms with E-state index in [1.807, 2.05) is 81.6 Å². The number of hydrogen-bond donors (Lipinski definition) is 4. The van der Waals surface area contributed by atoms with Crippen LogP contribution in [0.1, 0.15) is 62.0 Å². The Morgan fingerprint density at radius 1 is 1.00 bits per heavy atom. The normalized spacial score (nSPS) is 26.7. The van der Waals surface area contributed by atoms with Crippen LogP contribution in [-0.2, 0) is 27.3 Å². The van der Waals surface area contributed by atoms with E-state index in [0.717, 1.165) is 47.5 Å². The molecule has 0 spiro atoms. The highest BCUT2D eigenvalue weighted by Gasteiger charge is 2.57. The molecule has 4 N–H and O–H groups in total. The summed E-state index contributed by atoms with van der Waals surface area (Å²) in [6, 6.07) is 21.1. The number of ether oxygens (including phenoxy) is 2. The number of nitrogens with zero attached hydrogens (tertiary/aromatic N) is 4. The van der Waals surface area contributed by atoms with Crippen molar-refractivity contribution >= 4 is 17.5 Å². The lowest BCUT2D eigenvalue weighted by Crippen LogP contribution is -2.62. The number of carbonyl (C=O) groups is 2. The molecule has 63 heavy (non-hydrogen) atoms. The van der Waals surface area contributed by atoms with Gasteiger partial charge in [-0.3, -0.25) is 19.3 Å². The summed E-state index contributed by atoms with van der Waals surface area (Å²) in [6.45, 7) is 13.2. The summed E-state index contributed by atoms with van der Waals surface area (Å²) >= 11 is 0. The number of para-hydroxylation sites is 1. The fraction of sp³-hybridized carbons (Fsp3) is 0.600. The van der Waals surface area contributed by atoms with Crippen molar-refractivity contribution in [1.29, 1.82) is 0 Å². The lowest BCUT2D eigenvalue weighted by molar-refractivity contribution is -0.183. The molecule has 2 amide bonds.